The van der Waals surface area contributed by atoms with E-state index >= 15 is 0 Å². The Labute approximate surface area is 77.8 Å². The quantitative estimate of drug-likeness (QED) is 0.743. The van der Waals surface area contributed by atoms with Gasteiger partial charge in [0.1, 0.15) is 0 Å². The van der Waals surface area contributed by atoms with Crippen LogP contribution >= 0.6 is 0 Å². The van der Waals surface area contributed by atoms with Gasteiger partial charge in [0.15, 0.2) is 0 Å². The third-order valence-electron chi connectivity index (χ3n) is 1.70. The molecule has 0 saturated heterocycles. The molecule has 0 radical (unpaired) electrons. The molecule has 1 amide bonds. The van der Waals surface area contributed by atoms with Crippen molar-refractivity contribution in [1.82, 2.24) is 9.97 Å². The van der Waals surface area contributed by atoms with Crippen LogP contribution in [0.15, 0.2) is 12.4 Å². The Balaban J connectivity index is 2.26. The van der Waals surface area contributed by atoms with Crippen LogP contribution < -0.4 is 5.32 Å². The van der Waals surface area contributed by atoms with Crippen molar-refractivity contribution in [2.24, 2.45) is 5.92 Å². The molecule has 0 aliphatic heterocycles. The predicted molar refractivity (Wildman–Crippen MR) is 51.3 cm³/mol. The first-order chi connectivity index (χ1) is 6.18. The number of anilines is 1. The number of aromatic amines is 1. The van der Waals surface area contributed by atoms with Crippen LogP contribution in [0.4, 0.5) is 5.95 Å². The van der Waals surface area contributed by atoms with Gasteiger partial charge < -0.3 is 4.98 Å². The summed E-state index contributed by atoms with van der Waals surface area (Å²) < 4.78 is 0. The first-order valence-corrected chi connectivity index (χ1v) is 4.47. The molecule has 2 N–H and O–H groups in total. The van der Waals surface area contributed by atoms with Crippen molar-refractivity contribution in [3.05, 3.63) is 12.4 Å². The van der Waals surface area contributed by atoms with Gasteiger partial charge in [-0.05, 0) is 12.3 Å². The molecule has 0 aromatic carbocycles. The van der Waals surface area contributed by atoms with Crippen LogP contribution in [0.5, 0.6) is 0 Å². The van der Waals surface area contributed by atoms with E-state index in [1.54, 1.807) is 12.4 Å². The summed E-state index contributed by atoms with van der Waals surface area (Å²) in [6, 6.07) is 0. The lowest BCUT2D eigenvalue weighted by Crippen LogP contribution is -2.13. The van der Waals surface area contributed by atoms with Gasteiger partial charge in [-0.25, -0.2) is 4.98 Å². The average Bonchev–Trinajstić information content (AvgIpc) is 2.53. The molecule has 13 heavy (non-hydrogen) atoms. The molecule has 1 aromatic heterocycles. The summed E-state index contributed by atoms with van der Waals surface area (Å²) in [5.41, 5.74) is 0. The highest BCUT2D eigenvalue weighted by Gasteiger charge is 2.04. The topological polar surface area (TPSA) is 57.8 Å². The van der Waals surface area contributed by atoms with E-state index in [0.29, 0.717) is 18.3 Å². The summed E-state index contributed by atoms with van der Waals surface area (Å²) >= 11 is 0. The highest BCUT2D eigenvalue weighted by atomic mass is 16.1. The minimum Gasteiger partial charge on any atom is -0.331 e. The van der Waals surface area contributed by atoms with E-state index in [4.69, 9.17) is 0 Å². The van der Waals surface area contributed by atoms with E-state index in [1.807, 2.05) is 0 Å². The van der Waals surface area contributed by atoms with Gasteiger partial charge in [-0.1, -0.05) is 13.8 Å². The van der Waals surface area contributed by atoms with Crippen LogP contribution in [-0.2, 0) is 4.79 Å². The third kappa shape index (κ3) is 3.73. The number of nitrogens with zero attached hydrogens (tertiary/aromatic N) is 1. The molecule has 0 saturated carbocycles. The minimum atomic E-state index is 0.0173. The molecule has 0 aliphatic carbocycles. The van der Waals surface area contributed by atoms with Gasteiger partial charge in [-0.2, -0.15) is 0 Å². The Morgan fingerprint density at radius 3 is 3.00 bits per heavy atom. The van der Waals surface area contributed by atoms with Crippen LogP contribution in [0.1, 0.15) is 26.7 Å². The van der Waals surface area contributed by atoms with Gasteiger partial charge in [-0.15, -0.1) is 0 Å². The van der Waals surface area contributed by atoms with Gasteiger partial charge in [0.25, 0.3) is 0 Å². The number of amides is 1. The number of carbonyl (C=O) groups excluding carboxylic acids is 1. The standard InChI is InChI=1S/C9H15N3O/c1-7(2)3-4-8(13)12-9-10-5-6-11-9/h5-7H,3-4H2,1-2H3,(H2,10,11,12,13). The molecule has 4 heteroatoms. The van der Waals surface area contributed by atoms with Crippen molar-refractivity contribution in [2.45, 2.75) is 26.7 Å². The Bertz CT molecular complexity index is 254. The predicted octanol–water partition coefficient (Wildman–Crippen LogP) is 1.78. The van der Waals surface area contributed by atoms with Crippen molar-refractivity contribution >= 4 is 11.9 Å². The molecule has 72 valence electrons. The number of hydrogen-bond donors (Lipinski definition) is 2. The third-order valence-corrected chi connectivity index (χ3v) is 1.70. The van der Waals surface area contributed by atoms with Gasteiger partial charge in [0.05, 0.1) is 0 Å². The lowest BCUT2D eigenvalue weighted by atomic mass is 10.1. The summed E-state index contributed by atoms with van der Waals surface area (Å²) in [4.78, 5) is 18.0. The van der Waals surface area contributed by atoms with Crippen LogP contribution in [0, 0.1) is 5.92 Å². The number of rotatable bonds is 4. The summed E-state index contributed by atoms with van der Waals surface area (Å²) in [6.45, 7) is 4.19. The molecule has 1 aromatic rings. The highest BCUT2D eigenvalue weighted by molar-refractivity contribution is 5.88. The number of imidazole rings is 1. The van der Waals surface area contributed by atoms with Gasteiger partial charge in [0, 0.05) is 18.8 Å². The van der Waals surface area contributed by atoms with E-state index in [2.05, 4.69) is 29.1 Å². The molecule has 1 heterocycles. The Morgan fingerprint density at radius 1 is 1.69 bits per heavy atom. The van der Waals surface area contributed by atoms with E-state index < -0.39 is 0 Å². The highest BCUT2D eigenvalue weighted by Crippen LogP contribution is 2.05. The zero-order valence-corrected chi connectivity index (χ0v) is 8.00. The Morgan fingerprint density at radius 2 is 2.46 bits per heavy atom. The molecule has 0 aliphatic rings. The van der Waals surface area contributed by atoms with Crippen molar-refractivity contribution in [2.75, 3.05) is 5.32 Å². The van der Waals surface area contributed by atoms with Crippen LogP contribution in [0.2, 0.25) is 0 Å². The van der Waals surface area contributed by atoms with Crippen LogP contribution in [-0.4, -0.2) is 15.9 Å². The maximum Gasteiger partial charge on any atom is 0.226 e. The number of aromatic nitrogens is 2. The van der Waals surface area contributed by atoms with Crippen molar-refractivity contribution in [3.8, 4) is 0 Å². The van der Waals surface area contributed by atoms with Crippen molar-refractivity contribution in [1.29, 1.82) is 0 Å². The van der Waals surface area contributed by atoms with Crippen LogP contribution in [0.25, 0.3) is 0 Å². The largest absolute Gasteiger partial charge is 0.331 e. The summed E-state index contributed by atoms with van der Waals surface area (Å²) in [6.07, 6.45) is 4.75. The normalized spacial score (nSPS) is 10.4. The fraction of sp³-hybridized carbons (Fsp3) is 0.556. The molecule has 4 nitrogen and oxygen atoms in total. The maximum absolute atomic E-state index is 11.2. The first-order valence-electron chi connectivity index (χ1n) is 4.47. The van der Waals surface area contributed by atoms with Gasteiger partial charge in [0.2, 0.25) is 11.9 Å². The fourth-order valence-electron chi connectivity index (χ4n) is 0.948. The van der Waals surface area contributed by atoms with Gasteiger partial charge in [-0.3, -0.25) is 10.1 Å². The van der Waals surface area contributed by atoms with E-state index in [0.717, 1.165) is 6.42 Å². The number of hydrogen-bond acceptors (Lipinski definition) is 2. The Hall–Kier alpha value is -1.32. The minimum absolute atomic E-state index is 0.0173. The molecular formula is C9H15N3O. The first kappa shape index (κ1) is 9.77. The fourth-order valence-corrected chi connectivity index (χ4v) is 0.948. The molecule has 1 rings (SSSR count). The Kier molecular flexibility index (Phi) is 3.49. The number of carbonyl (C=O) groups is 1. The average molecular weight is 181 g/mol. The molecule has 0 spiro atoms. The second kappa shape index (κ2) is 4.64. The number of H-pyrrole nitrogens is 1. The summed E-state index contributed by atoms with van der Waals surface area (Å²) in [5, 5.41) is 2.67. The molecule has 0 atom stereocenters. The molecular weight excluding hydrogens is 166 g/mol. The van der Waals surface area contributed by atoms with Gasteiger partial charge >= 0.3 is 0 Å². The van der Waals surface area contributed by atoms with E-state index in [9.17, 15) is 4.79 Å². The smallest absolute Gasteiger partial charge is 0.226 e. The van der Waals surface area contributed by atoms with Crippen molar-refractivity contribution in [3.63, 3.8) is 0 Å². The molecule has 0 fully saturated rings. The number of nitrogens with one attached hydrogen (secondary N) is 2. The summed E-state index contributed by atoms with van der Waals surface area (Å²) in [5.74, 6) is 1.10. The summed E-state index contributed by atoms with van der Waals surface area (Å²) in [7, 11) is 0. The lowest BCUT2D eigenvalue weighted by molar-refractivity contribution is -0.116. The molecule has 0 bridgehead atoms. The molecule has 0 unspecified atom stereocenters. The SMILES string of the molecule is CC(C)CCC(=O)Nc1ncc[nH]1. The zero-order valence-electron chi connectivity index (χ0n) is 8.00. The van der Waals surface area contributed by atoms with Crippen molar-refractivity contribution < 1.29 is 4.79 Å². The van der Waals surface area contributed by atoms with Crippen LogP contribution in [0.3, 0.4) is 0 Å². The lowest BCUT2D eigenvalue weighted by Gasteiger charge is -2.03. The van der Waals surface area contributed by atoms with E-state index in [-0.39, 0.29) is 5.91 Å². The maximum atomic E-state index is 11.2. The second-order valence-corrected chi connectivity index (χ2v) is 3.42. The zero-order chi connectivity index (χ0) is 9.68. The second-order valence-electron chi connectivity index (χ2n) is 3.42. The monoisotopic (exact) mass is 181 g/mol. The van der Waals surface area contributed by atoms with E-state index in [1.165, 1.54) is 0 Å².